The van der Waals surface area contributed by atoms with Crippen molar-refractivity contribution in [3.63, 3.8) is 0 Å². The van der Waals surface area contributed by atoms with Crippen LogP contribution in [0.1, 0.15) is 29.7 Å². The van der Waals surface area contributed by atoms with Crippen LogP contribution in [0.2, 0.25) is 0 Å². The molecule has 0 rings (SSSR count). The molecule has 14 heavy (non-hydrogen) atoms. The average molecular weight is 207 g/mol. The Hall–Kier alpha value is -1.72. The highest BCUT2D eigenvalue weighted by Crippen LogP contribution is 1.53. The molecule has 0 spiro atoms. The number of nitrogens with one attached hydrogen (secondary N) is 1. The topological polar surface area (TPSA) is 118 Å². The number of hydrogen-bond acceptors (Lipinski definition) is 2. The van der Waals surface area contributed by atoms with E-state index in [1.54, 1.807) is 0 Å². The number of carbonyl (C=O) groups excluding carboxylic acids is 1. The first-order valence-corrected chi connectivity index (χ1v) is 2.11. The van der Waals surface area contributed by atoms with Crippen LogP contribution in [0, 0.1) is 5.41 Å². The van der Waals surface area contributed by atoms with Crippen molar-refractivity contribution in [2.75, 3.05) is 0 Å². The van der Waals surface area contributed by atoms with Crippen LogP contribution in [0.5, 0.6) is 0 Å². The fraction of sp³-hybridized carbons (Fsp3) is 0.500. The number of hydrogen-bond donors (Lipinski definition) is 3. The second kappa shape index (κ2) is 30.2. The Morgan fingerprint density at radius 1 is 1.00 bits per heavy atom. The van der Waals surface area contributed by atoms with Gasteiger partial charge in [-0.15, -0.1) is 0 Å². The molecule has 0 aromatic carbocycles. The van der Waals surface area contributed by atoms with Crippen molar-refractivity contribution in [3.8, 4) is 0 Å². The summed E-state index contributed by atoms with van der Waals surface area (Å²) >= 11 is 0. The van der Waals surface area contributed by atoms with Crippen LogP contribution in [0.4, 0.5) is 4.79 Å². The number of amides is 2. The maximum Gasteiger partial charge on any atom is 0.337 e. The molecule has 0 saturated carbocycles. The minimum absolute atomic E-state index is 0. The van der Waals surface area contributed by atoms with E-state index in [0.717, 1.165) is 0 Å². The van der Waals surface area contributed by atoms with Gasteiger partial charge in [-0.3, -0.25) is 5.41 Å². The SMILES string of the molecule is C.C.C.C.C=NC(=N)N.C=NC(N)=O. The molecule has 0 aliphatic heterocycles. The van der Waals surface area contributed by atoms with Gasteiger partial charge in [0.1, 0.15) is 0 Å². The van der Waals surface area contributed by atoms with Crippen LogP contribution in [0.3, 0.4) is 0 Å². The average Bonchev–Trinajstić information content (AvgIpc) is 1.89. The first-order chi connectivity index (χ1) is 4.54. The van der Waals surface area contributed by atoms with Gasteiger partial charge in [0.25, 0.3) is 0 Å². The number of nitrogens with zero attached hydrogens (tertiary/aromatic N) is 2. The largest absolute Gasteiger partial charge is 0.368 e. The van der Waals surface area contributed by atoms with Gasteiger partial charge in [-0.1, -0.05) is 29.7 Å². The van der Waals surface area contributed by atoms with Crippen LogP contribution in [0.15, 0.2) is 9.98 Å². The molecule has 6 heteroatoms. The van der Waals surface area contributed by atoms with Gasteiger partial charge in [0.05, 0.1) is 0 Å². The Balaban J connectivity index is -0.0000000178. The van der Waals surface area contributed by atoms with Crippen molar-refractivity contribution in [3.05, 3.63) is 0 Å². The Morgan fingerprint density at radius 3 is 1.14 bits per heavy atom. The van der Waals surface area contributed by atoms with Crippen molar-refractivity contribution in [1.29, 1.82) is 5.41 Å². The lowest BCUT2D eigenvalue weighted by Gasteiger charge is -1.71. The second-order valence-corrected chi connectivity index (χ2v) is 1.04. The van der Waals surface area contributed by atoms with Gasteiger partial charge in [-0.25, -0.2) is 14.8 Å². The number of carbonyl (C=O) groups is 1. The molecule has 88 valence electrons. The van der Waals surface area contributed by atoms with E-state index in [4.69, 9.17) is 5.41 Å². The lowest BCUT2D eigenvalue weighted by atomic mass is 11.1. The molecule has 0 aliphatic carbocycles. The quantitative estimate of drug-likeness (QED) is 0.415. The zero-order valence-corrected chi connectivity index (χ0v) is 5.37. The highest BCUT2D eigenvalue weighted by molar-refractivity contribution is 5.79. The predicted molar refractivity (Wildman–Crippen MR) is 67.5 cm³/mol. The molecule has 0 atom stereocenters. The number of guanidine groups is 1. The highest BCUT2D eigenvalue weighted by atomic mass is 16.2. The molecule has 0 aliphatic rings. The summed E-state index contributed by atoms with van der Waals surface area (Å²) in [6.45, 7) is 5.80. The normalized spacial score (nSPS) is 4.57. The fourth-order valence-electron chi connectivity index (χ4n) is 0. The number of primary amides is 1. The van der Waals surface area contributed by atoms with Crippen LogP contribution < -0.4 is 11.5 Å². The van der Waals surface area contributed by atoms with Crippen molar-refractivity contribution < 1.29 is 4.79 Å². The Labute approximate surface area is 87.6 Å². The van der Waals surface area contributed by atoms with E-state index in [-0.39, 0.29) is 35.7 Å². The summed E-state index contributed by atoms with van der Waals surface area (Å²) < 4.78 is 0. The van der Waals surface area contributed by atoms with Crippen molar-refractivity contribution in [1.82, 2.24) is 0 Å². The maximum absolute atomic E-state index is 9.36. The van der Waals surface area contributed by atoms with Gasteiger partial charge >= 0.3 is 6.03 Å². The predicted octanol–water partition coefficient (Wildman–Crippen LogP) is 1.89. The zero-order chi connectivity index (χ0) is 8.57. The first kappa shape index (κ1) is 39.6. The van der Waals surface area contributed by atoms with E-state index >= 15 is 0 Å². The Morgan fingerprint density at radius 2 is 1.14 bits per heavy atom. The first-order valence-electron chi connectivity index (χ1n) is 2.11. The summed E-state index contributed by atoms with van der Waals surface area (Å²) in [7, 11) is 0. The van der Waals surface area contributed by atoms with E-state index in [1.165, 1.54) is 0 Å². The van der Waals surface area contributed by atoms with Gasteiger partial charge in [-0.2, -0.15) is 0 Å². The minimum atomic E-state index is -0.731. The molecule has 0 fully saturated rings. The van der Waals surface area contributed by atoms with Crippen LogP contribution in [0.25, 0.3) is 0 Å². The number of nitrogens with two attached hydrogens (primary N) is 2. The summed E-state index contributed by atoms with van der Waals surface area (Å²) in [5, 5.41) is 6.29. The molecule has 2 amide bonds. The Bertz CT molecular complexity index is 138. The molecule has 0 aromatic heterocycles. The summed E-state index contributed by atoms with van der Waals surface area (Å²) in [4.78, 5) is 15.1. The Kier molecular flexibility index (Phi) is 85.5. The minimum Gasteiger partial charge on any atom is -0.368 e. The van der Waals surface area contributed by atoms with Gasteiger partial charge in [0.2, 0.25) is 5.96 Å². The van der Waals surface area contributed by atoms with Crippen molar-refractivity contribution in [2.45, 2.75) is 29.7 Å². The van der Waals surface area contributed by atoms with Gasteiger partial charge < -0.3 is 11.5 Å². The molecular formula is C8H25N5O. The van der Waals surface area contributed by atoms with Crippen LogP contribution in [-0.4, -0.2) is 25.4 Å². The molecule has 6 nitrogen and oxygen atoms in total. The lowest BCUT2D eigenvalue weighted by Crippen LogP contribution is -2.03. The van der Waals surface area contributed by atoms with E-state index in [9.17, 15) is 4.79 Å². The van der Waals surface area contributed by atoms with E-state index in [2.05, 4.69) is 34.9 Å². The molecule has 0 aromatic rings. The molecule has 0 heterocycles. The monoisotopic (exact) mass is 207 g/mol. The fourth-order valence-corrected chi connectivity index (χ4v) is 0. The second-order valence-electron chi connectivity index (χ2n) is 1.04. The highest BCUT2D eigenvalue weighted by Gasteiger charge is 1.70. The summed E-state index contributed by atoms with van der Waals surface area (Å²) in [5.74, 6) is -0.231. The third-order valence-electron chi connectivity index (χ3n) is 0.326. The number of urea groups is 1. The molecule has 0 unspecified atom stereocenters. The number of rotatable bonds is 0. The maximum atomic E-state index is 9.36. The third kappa shape index (κ3) is 170. The van der Waals surface area contributed by atoms with Crippen molar-refractivity contribution in [2.24, 2.45) is 21.5 Å². The summed E-state index contributed by atoms with van der Waals surface area (Å²) in [5.41, 5.74) is 9.07. The van der Waals surface area contributed by atoms with E-state index < -0.39 is 6.03 Å². The molecular weight excluding hydrogens is 182 g/mol. The van der Waals surface area contributed by atoms with Crippen LogP contribution >= 0.6 is 0 Å². The molecule has 5 N–H and O–H groups in total. The summed E-state index contributed by atoms with van der Waals surface area (Å²) in [6.07, 6.45) is 0. The zero-order valence-electron chi connectivity index (χ0n) is 5.37. The molecule has 0 saturated heterocycles. The lowest BCUT2D eigenvalue weighted by molar-refractivity contribution is 0.257. The third-order valence-corrected chi connectivity index (χ3v) is 0.326. The van der Waals surface area contributed by atoms with E-state index in [1.807, 2.05) is 0 Å². The van der Waals surface area contributed by atoms with Crippen LogP contribution in [-0.2, 0) is 0 Å². The smallest absolute Gasteiger partial charge is 0.337 e. The van der Waals surface area contributed by atoms with Gasteiger partial charge in [-0.05, 0) is 13.4 Å². The van der Waals surface area contributed by atoms with Gasteiger partial charge in [0, 0.05) is 0 Å². The molecule has 0 radical (unpaired) electrons. The van der Waals surface area contributed by atoms with E-state index in [0.29, 0.717) is 0 Å². The van der Waals surface area contributed by atoms with Gasteiger partial charge in [0.15, 0.2) is 0 Å². The standard InChI is InChI=1S/C2H5N3.C2H4N2O.4CH4/c1-5-2(3)4;1-4-2(3)5;;;;/h1H2,(H3,3,4);1H2,(H2,3,5);4*1H4. The number of aliphatic imine (C=N–C) groups is 2. The molecule has 0 bridgehead atoms. The van der Waals surface area contributed by atoms with Crippen molar-refractivity contribution >= 4 is 25.4 Å². The summed E-state index contributed by atoms with van der Waals surface area (Å²) in [6, 6.07) is -0.731.